The van der Waals surface area contributed by atoms with E-state index in [9.17, 15) is 9.90 Å². The highest BCUT2D eigenvalue weighted by Crippen LogP contribution is 2.29. The predicted octanol–water partition coefficient (Wildman–Crippen LogP) is 2.82. The van der Waals surface area contributed by atoms with Crippen LogP contribution in [0.3, 0.4) is 0 Å². The SMILES string of the molecule is CC1(C)CCC(O)CN1C(=O)Cc1cc(Br)cs1. The number of halogens is 1. The maximum atomic E-state index is 12.3. The zero-order valence-corrected chi connectivity index (χ0v) is 13.1. The van der Waals surface area contributed by atoms with Gasteiger partial charge < -0.3 is 10.0 Å². The van der Waals surface area contributed by atoms with Gasteiger partial charge in [0.15, 0.2) is 0 Å². The van der Waals surface area contributed by atoms with Gasteiger partial charge in [0.2, 0.25) is 5.91 Å². The summed E-state index contributed by atoms with van der Waals surface area (Å²) in [5.41, 5.74) is -0.148. The van der Waals surface area contributed by atoms with Crippen molar-refractivity contribution in [2.24, 2.45) is 0 Å². The zero-order valence-electron chi connectivity index (χ0n) is 10.6. The lowest BCUT2D eigenvalue weighted by Crippen LogP contribution is -2.55. The molecule has 1 aromatic rings. The third kappa shape index (κ3) is 3.13. The average molecular weight is 332 g/mol. The van der Waals surface area contributed by atoms with Crippen LogP contribution >= 0.6 is 27.3 Å². The van der Waals surface area contributed by atoms with Gasteiger partial charge in [0.05, 0.1) is 12.5 Å². The average Bonchev–Trinajstić information content (AvgIpc) is 2.67. The molecule has 1 N–H and O–H groups in total. The van der Waals surface area contributed by atoms with Crippen LogP contribution in [0.4, 0.5) is 0 Å². The van der Waals surface area contributed by atoms with Gasteiger partial charge in [-0.25, -0.2) is 0 Å². The molecular formula is C13H18BrNO2S. The maximum absolute atomic E-state index is 12.3. The lowest BCUT2D eigenvalue weighted by atomic mass is 9.89. The lowest BCUT2D eigenvalue weighted by Gasteiger charge is -2.44. The number of carbonyl (C=O) groups is 1. The fourth-order valence-electron chi connectivity index (χ4n) is 2.33. The normalized spacial score (nSPS) is 23.1. The Morgan fingerprint density at radius 3 is 3.00 bits per heavy atom. The van der Waals surface area contributed by atoms with Gasteiger partial charge in [0.1, 0.15) is 0 Å². The Hall–Kier alpha value is -0.390. The van der Waals surface area contributed by atoms with Crippen LogP contribution in [0.1, 0.15) is 31.6 Å². The summed E-state index contributed by atoms with van der Waals surface area (Å²) in [4.78, 5) is 15.2. The van der Waals surface area contributed by atoms with E-state index >= 15 is 0 Å². The fraction of sp³-hybridized carbons (Fsp3) is 0.615. The molecule has 1 fully saturated rings. The highest BCUT2D eigenvalue weighted by atomic mass is 79.9. The fourth-order valence-corrected chi connectivity index (χ4v) is 3.78. The van der Waals surface area contributed by atoms with Crippen molar-refractivity contribution in [2.45, 2.75) is 44.8 Å². The van der Waals surface area contributed by atoms with Gasteiger partial charge in [-0.15, -0.1) is 11.3 Å². The van der Waals surface area contributed by atoms with E-state index in [1.165, 1.54) is 0 Å². The van der Waals surface area contributed by atoms with Crippen molar-refractivity contribution in [3.8, 4) is 0 Å². The highest BCUT2D eigenvalue weighted by Gasteiger charge is 2.36. The molecule has 5 heteroatoms. The van der Waals surface area contributed by atoms with Crippen molar-refractivity contribution < 1.29 is 9.90 Å². The Kier molecular flexibility index (Phi) is 4.14. The van der Waals surface area contributed by atoms with Crippen molar-refractivity contribution in [1.29, 1.82) is 0 Å². The minimum atomic E-state index is -0.378. The summed E-state index contributed by atoms with van der Waals surface area (Å²) in [7, 11) is 0. The quantitative estimate of drug-likeness (QED) is 0.905. The first-order valence-corrected chi connectivity index (χ1v) is 7.77. The number of piperidine rings is 1. The number of rotatable bonds is 2. The van der Waals surface area contributed by atoms with E-state index in [0.29, 0.717) is 13.0 Å². The maximum Gasteiger partial charge on any atom is 0.228 e. The molecule has 1 unspecified atom stereocenters. The number of amides is 1. The molecule has 0 spiro atoms. The van der Waals surface area contributed by atoms with Crippen LogP contribution < -0.4 is 0 Å². The first-order chi connectivity index (χ1) is 8.38. The van der Waals surface area contributed by atoms with Gasteiger partial charge in [-0.2, -0.15) is 0 Å². The van der Waals surface area contributed by atoms with Crippen LogP contribution in [-0.4, -0.2) is 34.1 Å². The highest BCUT2D eigenvalue weighted by molar-refractivity contribution is 9.10. The van der Waals surface area contributed by atoms with E-state index < -0.39 is 0 Å². The molecule has 0 aromatic carbocycles. The van der Waals surface area contributed by atoms with Crippen LogP contribution in [0.2, 0.25) is 0 Å². The zero-order chi connectivity index (χ0) is 13.3. The van der Waals surface area contributed by atoms with Crippen LogP contribution in [-0.2, 0) is 11.2 Å². The number of hydrogen-bond acceptors (Lipinski definition) is 3. The van der Waals surface area contributed by atoms with Crippen LogP contribution in [0, 0.1) is 0 Å². The molecule has 1 amide bonds. The van der Waals surface area contributed by atoms with Crippen LogP contribution in [0.5, 0.6) is 0 Å². The van der Waals surface area contributed by atoms with Crippen molar-refractivity contribution in [3.05, 3.63) is 20.8 Å². The molecule has 0 bridgehead atoms. The number of thiophene rings is 1. The number of likely N-dealkylation sites (tertiary alicyclic amines) is 1. The first kappa shape index (κ1) is 14.0. The summed E-state index contributed by atoms with van der Waals surface area (Å²) in [5, 5.41) is 11.7. The smallest absolute Gasteiger partial charge is 0.228 e. The molecular weight excluding hydrogens is 314 g/mol. The summed E-state index contributed by atoms with van der Waals surface area (Å²) >= 11 is 4.98. The number of hydrogen-bond donors (Lipinski definition) is 1. The molecule has 1 aromatic heterocycles. The van der Waals surface area contributed by atoms with Crippen molar-refractivity contribution in [2.75, 3.05) is 6.54 Å². The van der Waals surface area contributed by atoms with E-state index in [-0.39, 0.29) is 17.6 Å². The van der Waals surface area contributed by atoms with Gasteiger partial charge in [-0.05, 0) is 48.7 Å². The summed E-state index contributed by atoms with van der Waals surface area (Å²) in [5.74, 6) is 0.105. The predicted molar refractivity (Wildman–Crippen MR) is 76.8 cm³/mol. The standard InChI is InChI=1S/C13H18BrNO2S/c1-13(2)4-3-10(16)7-15(13)12(17)6-11-5-9(14)8-18-11/h5,8,10,16H,3-4,6-7H2,1-2H3. The molecule has 1 aliphatic rings. The number of nitrogens with zero attached hydrogens (tertiary/aromatic N) is 1. The van der Waals surface area contributed by atoms with Crippen LogP contribution in [0.25, 0.3) is 0 Å². The van der Waals surface area contributed by atoms with Crippen molar-refractivity contribution in [3.63, 3.8) is 0 Å². The molecule has 2 heterocycles. The molecule has 100 valence electrons. The second-order valence-corrected chi connectivity index (χ2v) is 7.33. The second-order valence-electron chi connectivity index (χ2n) is 5.42. The van der Waals surface area contributed by atoms with Gasteiger partial charge in [-0.1, -0.05) is 0 Å². The Labute approximate surface area is 120 Å². The first-order valence-electron chi connectivity index (χ1n) is 6.10. The van der Waals surface area contributed by atoms with Gasteiger partial charge in [-0.3, -0.25) is 4.79 Å². The summed E-state index contributed by atoms with van der Waals surface area (Å²) in [6, 6.07) is 1.98. The third-order valence-corrected chi connectivity index (χ3v) is 5.16. The second kappa shape index (κ2) is 5.31. The monoisotopic (exact) mass is 331 g/mol. The summed E-state index contributed by atoms with van der Waals surface area (Å²) < 4.78 is 1.02. The lowest BCUT2D eigenvalue weighted by molar-refractivity contribution is -0.141. The summed E-state index contributed by atoms with van der Waals surface area (Å²) in [6.07, 6.45) is 1.68. The van der Waals surface area contributed by atoms with Crippen LogP contribution in [0.15, 0.2) is 15.9 Å². The van der Waals surface area contributed by atoms with E-state index in [1.807, 2.05) is 16.3 Å². The van der Waals surface area contributed by atoms with E-state index in [4.69, 9.17) is 0 Å². The molecule has 0 radical (unpaired) electrons. The molecule has 3 nitrogen and oxygen atoms in total. The van der Waals surface area contributed by atoms with E-state index in [1.54, 1.807) is 11.3 Å². The van der Waals surface area contributed by atoms with Crippen molar-refractivity contribution >= 4 is 33.2 Å². The molecule has 1 atom stereocenters. The molecule has 0 saturated carbocycles. The Morgan fingerprint density at radius 2 is 2.39 bits per heavy atom. The Morgan fingerprint density at radius 1 is 1.67 bits per heavy atom. The summed E-state index contributed by atoms with van der Waals surface area (Å²) in [6.45, 7) is 4.60. The number of β-amino-alcohol motifs (C(OH)–C–C–N with tert-alkyl or cyclic N) is 1. The van der Waals surface area contributed by atoms with Gasteiger partial charge >= 0.3 is 0 Å². The van der Waals surface area contributed by atoms with Crippen molar-refractivity contribution in [1.82, 2.24) is 4.90 Å². The topological polar surface area (TPSA) is 40.5 Å². The number of aliphatic hydroxyl groups is 1. The molecule has 1 saturated heterocycles. The minimum absolute atomic E-state index is 0.105. The largest absolute Gasteiger partial charge is 0.391 e. The molecule has 0 aliphatic carbocycles. The minimum Gasteiger partial charge on any atom is -0.391 e. The Balaban J connectivity index is 2.07. The van der Waals surface area contributed by atoms with Gasteiger partial charge in [0, 0.05) is 26.8 Å². The molecule has 18 heavy (non-hydrogen) atoms. The van der Waals surface area contributed by atoms with E-state index in [2.05, 4.69) is 29.8 Å². The Bertz CT molecular complexity index is 444. The van der Waals surface area contributed by atoms with E-state index in [0.717, 1.165) is 22.2 Å². The number of carbonyl (C=O) groups excluding carboxylic acids is 1. The molecule has 2 rings (SSSR count). The van der Waals surface area contributed by atoms with Gasteiger partial charge in [0.25, 0.3) is 0 Å². The molecule has 1 aliphatic heterocycles. The third-order valence-electron chi connectivity index (χ3n) is 3.46. The number of aliphatic hydroxyl groups excluding tert-OH is 1.